The summed E-state index contributed by atoms with van der Waals surface area (Å²) < 4.78 is 113. The van der Waals surface area contributed by atoms with E-state index in [1.165, 1.54) is 37.8 Å². The molecule has 0 bridgehead atoms. The predicted molar refractivity (Wildman–Crippen MR) is 94.8 cm³/mol. The van der Waals surface area contributed by atoms with Crippen LogP contribution in [-0.2, 0) is 40.1 Å². The molecule has 178 valence electrons. The van der Waals surface area contributed by atoms with E-state index in [1.54, 1.807) is 0 Å². The second-order valence-electron chi connectivity index (χ2n) is 6.12. The van der Waals surface area contributed by atoms with E-state index in [-0.39, 0.29) is 0 Å². The molecule has 0 saturated heterocycles. The third kappa shape index (κ3) is 9.16. The normalized spacial score (nSPS) is 13.1. The standard InChI is InChI=1S/C12H24N3.C2F6NO4S2/c1-4-6-7-8-10-15-11-12(9-5-2)14(3)13-15;3-1(4,5)14(10,11)9-15(12,13)2(6,7)8/h11H,4-10H2,1-3H3;/q+1;-1. The number of unbranched alkanes of at least 4 members (excludes halogenated alkanes) is 3. The van der Waals surface area contributed by atoms with Crippen molar-refractivity contribution in [2.45, 2.75) is 69.9 Å². The quantitative estimate of drug-likeness (QED) is 0.300. The van der Waals surface area contributed by atoms with Gasteiger partial charge in [0, 0.05) is 6.42 Å². The summed E-state index contributed by atoms with van der Waals surface area (Å²) in [6, 6.07) is 0. The lowest BCUT2D eigenvalue weighted by Crippen LogP contribution is -2.35. The fourth-order valence-electron chi connectivity index (χ4n) is 2.02. The molecule has 30 heavy (non-hydrogen) atoms. The molecule has 0 radical (unpaired) electrons. The number of rotatable bonds is 9. The van der Waals surface area contributed by atoms with Crippen molar-refractivity contribution >= 4 is 20.0 Å². The Kier molecular flexibility index (Phi) is 10.7. The van der Waals surface area contributed by atoms with E-state index < -0.39 is 31.1 Å². The Bertz CT molecular complexity index is 822. The lowest BCUT2D eigenvalue weighted by Gasteiger charge is -2.22. The molecule has 0 aliphatic heterocycles. The number of aryl methyl sites for hydroxylation is 3. The Morgan fingerprint density at radius 1 is 0.933 bits per heavy atom. The lowest BCUT2D eigenvalue weighted by atomic mass is 10.2. The highest BCUT2D eigenvalue weighted by molar-refractivity contribution is 8.13. The van der Waals surface area contributed by atoms with E-state index in [0.29, 0.717) is 0 Å². The van der Waals surface area contributed by atoms with Gasteiger partial charge in [0.25, 0.3) is 0 Å². The SMILES string of the molecule is CCCCCC[n+]1cc(CCC)n(C)n1.O=S(=O)([N-]S(=O)(=O)C(F)(F)F)C(F)(F)F. The fourth-order valence-corrected chi connectivity index (χ4v) is 3.73. The molecule has 0 fully saturated rings. The van der Waals surface area contributed by atoms with E-state index in [0.717, 1.165) is 17.1 Å². The molecule has 0 saturated carbocycles. The summed E-state index contributed by atoms with van der Waals surface area (Å²) in [5.41, 5.74) is -11.1. The monoisotopic (exact) mass is 490 g/mol. The van der Waals surface area contributed by atoms with Gasteiger partial charge in [-0.3, -0.25) is 0 Å². The highest BCUT2D eigenvalue weighted by Gasteiger charge is 2.46. The van der Waals surface area contributed by atoms with Crippen molar-refractivity contribution in [2.75, 3.05) is 0 Å². The van der Waals surface area contributed by atoms with Gasteiger partial charge in [0.15, 0.2) is 31.9 Å². The molecule has 0 aliphatic carbocycles. The maximum absolute atomic E-state index is 11.4. The van der Waals surface area contributed by atoms with Crippen LogP contribution in [0.5, 0.6) is 0 Å². The second-order valence-corrected chi connectivity index (χ2v) is 9.55. The molecule has 0 aromatic carbocycles. The van der Waals surface area contributed by atoms with Crippen molar-refractivity contribution in [3.8, 4) is 0 Å². The Labute approximate surface area is 171 Å². The van der Waals surface area contributed by atoms with Crippen molar-refractivity contribution < 1.29 is 47.9 Å². The third-order valence-electron chi connectivity index (χ3n) is 3.49. The third-order valence-corrected chi connectivity index (χ3v) is 6.23. The van der Waals surface area contributed by atoms with Crippen LogP contribution in [0.4, 0.5) is 26.3 Å². The lowest BCUT2D eigenvalue weighted by molar-refractivity contribution is -0.755. The topological polar surface area (TPSA) is 104 Å². The van der Waals surface area contributed by atoms with Gasteiger partial charge in [0.1, 0.15) is 13.6 Å². The van der Waals surface area contributed by atoms with Gasteiger partial charge in [-0.1, -0.05) is 26.7 Å². The van der Waals surface area contributed by atoms with Crippen molar-refractivity contribution in [3.05, 3.63) is 16.0 Å². The molecule has 0 unspecified atom stereocenters. The fraction of sp³-hybridized carbons (Fsp3) is 0.857. The first-order valence-electron chi connectivity index (χ1n) is 8.78. The summed E-state index contributed by atoms with van der Waals surface area (Å²) in [5.74, 6) is 0. The van der Waals surface area contributed by atoms with Gasteiger partial charge in [-0.15, -0.1) is 9.36 Å². The van der Waals surface area contributed by atoms with Gasteiger partial charge in [-0.2, -0.15) is 26.3 Å². The van der Waals surface area contributed by atoms with E-state index in [9.17, 15) is 43.2 Å². The molecule has 1 rings (SSSR count). The van der Waals surface area contributed by atoms with Crippen molar-refractivity contribution in [1.29, 1.82) is 0 Å². The second kappa shape index (κ2) is 11.3. The number of hydrogen-bond acceptors (Lipinski definition) is 5. The summed E-state index contributed by atoms with van der Waals surface area (Å²) in [5, 5.41) is 4.46. The van der Waals surface area contributed by atoms with E-state index in [2.05, 4.69) is 29.9 Å². The molecular formula is C14H24F6N4O4S2. The summed E-state index contributed by atoms with van der Waals surface area (Å²) in [4.78, 5) is 0. The summed E-state index contributed by atoms with van der Waals surface area (Å²) in [6.45, 7) is 5.52. The maximum Gasteiger partial charge on any atom is 0.480 e. The van der Waals surface area contributed by atoms with E-state index in [4.69, 9.17) is 0 Å². The van der Waals surface area contributed by atoms with Crippen LogP contribution in [-0.4, -0.2) is 37.7 Å². The number of halogens is 6. The molecule has 1 aromatic heterocycles. The summed E-state index contributed by atoms with van der Waals surface area (Å²) in [7, 11) is -11.4. The zero-order valence-electron chi connectivity index (χ0n) is 16.5. The van der Waals surface area contributed by atoms with Crippen molar-refractivity contribution in [1.82, 2.24) is 9.90 Å². The maximum atomic E-state index is 11.4. The van der Waals surface area contributed by atoms with Gasteiger partial charge in [-0.05, 0) is 19.3 Å². The first-order chi connectivity index (χ1) is 13.5. The van der Waals surface area contributed by atoms with Crippen LogP contribution >= 0.6 is 0 Å². The molecule has 0 N–H and O–H groups in total. The van der Waals surface area contributed by atoms with Crippen LogP contribution in [0.15, 0.2) is 6.20 Å². The van der Waals surface area contributed by atoms with Gasteiger partial charge in [-0.25, -0.2) is 16.8 Å². The minimum atomic E-state index is -6.72. The van der Waals surface area contributed by atoms with Gasteiger partial charge in [0.05, 0.1) is 5.21 Å². The number of nitrogens with zero attached hydrogens (tertiary/aromatic N) is 4. The van der Waals surface area contributed by atoms with E-state index >= 15 is 0 Å². The Morgan fingerprint density at radius 3 is 1.83 bits per heavy atom. The van der Waals surface area contributed by atoms with Crippen molar-refractivity contribution in [3.63, 3.8) is 0 Å². The van der Waals surface area contributed by atoms with Crippen LogP contribution in [0.25, 0.3) is 4.13 Å². The van der Waals surface area contributed by atoms with Crippen LogP contribution in [0.1, 0.15) is 51.6 Å². The minimum absolute atomic E-state index is 0.778. The molecule has 0 spiro atoms. The zero-order valence-corrected chi connectivity index (χ0v) is 18.2. The van der Waals surface area contributed by atoms with Crippen LogP contribution in [0.2, 0.25) is 0 Å². The van der Waals surface area contributed by atoms with Crippen LogP contribution in [0, 0.1) is 0 Å². The molecule has 1 heterocycles. The largest absolute Gasteiger partial charge is 0.480 e. The Balaban J connectivity index is 0.000000561. The molecule has 1 aromatic rings. The zero-order chi connectivity index (χ0) is 23.8. The average Bonchev–Trinajstić information content (AvgIpc) is 2.89. The van der Waals surface area contributed by atoms with Gasteiger partial charge < -0.3 is 4.13 Å². The van der Waals surface area contributed by atoms with E-state index in [1.807, 2.05) is 11.7 Å². The van der Waals surface area contributed by atoms with Crippen LogP contribution in [0.3, 0.4) is 0 Å². The molecule has 0 aliphatic rings. The first kappa shape index (κ1) is 28.6. The average molecular weight is 490 g/mol. The minimum Gasteiger partial charge on any atom is -0.421 e. The smallest absolute Gasteiger partial charge is 0.421 e. The molecule has 16 heteroatoms. The number of hydrogen-bond donors (Lipinski definition) is 0. The van der Waals surface area contributed by atoms with Gasteiger partial charge >= 0.3 is 11.0 Å². The van der Waals surface area contributed by atoms with Crippen molar-refractivity contribution in [2.24, 2.45) is 7.05 Å². The molecule has 0 atom stereocenters. The van der Waals surface area contributed by atoms with Gasteiger partial charge in [0.2, 0.25) is 0 Å². The highest BCUT2D eigenvalue weighted by Crippen LogP contribution is 2.36. The summed E-state index contributed by atoms with van der Waals surface area (Å²) in [6.07, 6.45) is 9.73. The number of sulfonamides is 2. The highest BCUT2D eigenvalue weighted by atomic mass is 32.3. The predicted octanol–water partition coefficient (Wildman–Crippen LogP) is 3.30. The molecule has 8 nitrogen and oxygen atoms in total. The first-order valence-corrected chi connectivity index (χ1v) is 11.7. The molecular weight excluding hydrogens is 466 g/mol. The summed E-state index contributed by atoms with van der Waals surface area (Å²) >= 11 is 0. The number of alkyl halides is 6. The Morgan fingerprint density at radius 2 is 1.43 bits per heavy atom. The molecule has 0 amide bonds. The Hall–Kier alpha value is -1.42. The number of aromatic nitrogens is 3. The van der Waals surface area contributed by atoms with Crippen LogP contribution < -0.4 is 4.68 Å².